The van der Waals surface area contributed by atoms with Gasteiger partial charge < -0.3 is 4.90 Å². The molecule has 11 heteroatoms. The van der Waals surface area contributed by atoms with Crippen molar-refractivity contribution in [2.45, 2.75) is 19.1 Å². The molecular formula is C19H14F5N5O. The van der Waals surface area contributed by atoms with Crippen molar-refractivity contribution in [3.8, 4) is 11.3 Å². The average molecular weight is 423 g/mol. The number of rotatable bonds is 4. The van der Waals surface area contributed by atoms with Gasteiger partial charge in [0.15, 0.2) is 11.3 Å². The third-order valence-electron chi connectivity index (χ3n) is 4.74. The average Bonchev–Trinajstić information content (AvgIpc) is 3.22. The molecule has 1 aliphatic rings. The highest BCUT2D eigenvalue weighted by Crippen LogP contribution is 2.34. The Morgan fingerprint density at radius 1 is 1.23 bits per heavy atom. The molecule has 0 radical (unpaired) electrons. The van der Waals surface area contributed by atoms with Crippen LogP contribution in [0.4, 0.5) is 22.0 Å². The largest absolute Gasteiger partial charge is 0.435 e. The molecule has 4 rings (SSSR count). The number of amides is 1. The Morgan fingerprint density at radius 2 is 2.03 bits per heavy atom. The standard InChI is InChI=1S/C19H14F5N5O/c20-15(21)6-11-7-17(30)28(9-11)10-14-18(19(22,23)24)26-16-4-3-13(27-29(14)16)12-2-1-5-25-8-12/h1-6,8,11H,7,9-10H2. The van der Waals surface area contributed by atoms with Crippen LogP contribution in [0.5, 0.6) is 0 Å². The van der Waals surface area contributed by atoms with Gasteiger partial charge >= 0.3 is 6.18 Å². The van der Waals surface area contributed by atoms with E-state index in [0.29, 0.717) is 17.3 Å². The summed E-state index contributed by atoms with van der Waals surface area (Å²) >= 11 is 0. The fourth-order valence-electron chi connectivity index (χ4n) is 3.44. The number of fused-ring (bicyclic) bond motifs is 1. The molecule has 30 heavy (non-hydrogen) atoms. The van der Waals surface area contributed by atoms with E-state index < -0.39 is 36.3 Å². The van der Waals surface area contributed by atoms with Crippen LogP contribution in [0.2, 0.25) is 0 Å². The second-order valence-corrected chi connectivity index (χ2v) is 6.83. The Hall–Kier alpha value is -3.37. The number of imidazole rings is 1. The summed E-state index contributed by atoms with van der Waals surface area (Å²) in [7, 11) is 0. The molecule has 1 atom stereocenters. The number of hydrogen-bond acceptors (Lipinski definition) is 4. The first-order valence-corrected chi connectivity index (χ1v) is 8.89. The van der Waals surface area contributed by atoms with Gasteiger partial charge in [0.05, 0.1) is 17.9 Å². The van der Waals surface area contributed by atoms with Crippen LogP contribution in [0.15, 0.2) is 48.8 Å². The van der Waals surface area contributed by atoms with Crippen molar-refractivity contribution >= 4 is 11.6 Å². The zero-order valence-electron chi connectivity index (χ0n) is 15.3. The molecule has 1 unspecified atom stereocenters. The number of alkyl halides is 3. The first-order valence-electron chi connectivity index (χ1n) is 8.89. The van der Waals surface area contributed by atoms with E-state index in [1.807, 2.05) is 0 Å². The number of nitrogens with zero attached hydrogens (tertiary/aromatic N) is 5. The zero-order chi connectivity index (χ0) is 21.5. The fraction of sp³-hybridized carbons (Fsp3) is 0.263. The first kappa shape index (κ1) is 19.9. The van der Waals surface area contributed by atoms with E-state index in [4.69, 9.17) is 0 Å². The normalized spacial score (nSPS) is 17.0. The Labute approximate surface area is 166 Å². The Morgan fingerprint density at radius 3 is 2.70 bits per heavy atom. The monoisotopic (exact) mass is 423 g/mol. The molecule has 3 aromatic heterocycles. The van der Waals surface area contributed by atoms with Crippen LogP contribution >= 0.6 is 0 Å². The van der Waals surface area contributed by atoms with Crippen LogP contribution in [-0.4, -0.2) is 36.9 Å². The maximum Gasteiger partial charge on any atom is 0.435 e. The van der Waals surface area contributed by atoms with Crippen LogP contribution in [0, 0.1) is 5.92 Å². The molecule has 0 N–H and O–H groups in total. The topological polar surface area (TPSA) is 63.4 Å². The number of halogens is 5. The van der Waals surface area contributed by atoms with E-state index in [0.717, 1.165) is 9.42 Å². The van der Waals surface area contributed by atoms with Crippen molar-refractivity contribution in [2.75, 3.05) is 6.54 Å². The molecule has 0 bridgehead atoms. The maximum atomic E-state index is 13.6. The van der Waals surface area contributed by atoms with Crippen molar-refractivity contribution in [1.82, 2.24) is 24.5 Å². The zero-order valence-corrected chi connectivity index (χ0v) is 15.3. The first-order chi connectivity index (χ1) is 14.2. The highest BCUT2D eigenvalue weighted by atomic mass is 19.4. The fourth-order valence-corrected chi connectivity index (χ4v) is 3.44. The predicted molar refractivity (Wildman–Crippen MR) is 95.0 cm³/mol. The van der Waals surface area contributed by atoms with Gasteiger partial charge in [-0.15, -0.1) is 0 Å². The lowest BCUT2D eigenvalue weighted by molar-refractivity contribution is -0.142. The Bertz CT molecular complexity index is 1120. The van der Waals surface area contributed by atoms with E-state index in [-0.39, 0.29) is 24.3 Å². The third kappa shape index (κ3) is 3.87. The molecule has 0 spiro atoms. The molecule has 1 saturated heterocycles. The third-order valence-corrected chi connectivity index (χ3v) is 4.74. The molecule has 156 valence electrons. The lowest BCUT2D eigenvalue weighted by atomic mass is 10.1. The van der Waals surface area contributed by atoms with Crippen molar-refractivity contribution in [3.63, 3.8) is 0 Å². The summed E-state index contributed by atoms with van der Waals surface area (Å²) in [4.78, 5) is 20.9. The molecule has 1 amide bonds. The van der Waals surface area contributed by atoms with Gasteiger partial charge in [0.2, 0.25) is 5.91 Å². The van der Waals surface area contributed by atoms with Crippen molar-refractivity contribution < 1.29 is 26.7 Å². The van der Waals surface area contributed by atoms with E-state index in [1.54, 1.807) is 18.3 Å². The van der Waals surface area contributed by atoms with Gasteiger partial charge in [-0.2, -0.15) is 27.1 Å². The summed E-state index contributed by atoms with van der Waals surface area (Å²) in [6.07, 6.45) is -3.17. The molecule has 0 aromatic carbocycles. The number of hydrogen-bond donors (Lipinski definition) is 0. The van der Waals surface area contributed by atoms with Gasteiger partial charge in [0.1, 0.15) is 0 Å². The minimum atomic E-state index is -4.77. The van der Waals surface area contributed by atoms with Crippen LogP contribution < -0.4 is 0 Å². The molecule has 1 aliphatic heterocycles. The predicted octanol–water partition coefficient (Wildman–Crippen LogP) is 3.94. The second-order valence-electron chi connectivity index (χ2n) is 6.83. The maximum absolute atomic E-state index is 13.6. The van der Waals surface area contributed by atoms with Crippen molar-refractivity contribution in [1.29, 1.82) is 0 Å². The van der Waals surface area contributed by atoms with Crippen LogP contribution in [0.3, 0.4) is 0 Å². The number of carbonyl (C=O) groups is 1. The molecule has 3 aromatic rings. The second kappa shape index (κ2) is 7.47. The summed E-state index contributed by atoms with van der Waals surface area (Å²) in [6.45, 7) is -0.556. The molecule has 0 saturated carbocycles. The van der Waals surface area contributed by atoms with Crippen LogP contribution in [0.1, 0.15) is 17.8 Å². The van der Waals surface area contributed by atoms with Crippen molar-refractivity contribution in [3.05, 3.63) is 60.2 Å². The summed E-state index contributed by atoms with van der Waals surface area (Å²) in [6, 6.07) is 6.28. The summed E-state index contributed by atoms with van der Waals surface area (Å²) < 4.78 is 66.9. The summed E-state index contributed by atoms with van der Waals surface area (Å²) in [5.74, 6) is -1.26. The smallest absolute Gasteiger partial charge is 0.336 e. The summed E-state index contributed by atoms with van der Waals surface area (Å²) in [5, 5.41) is 4.26. The molecule has 1 fully saturated rings. The molecule has 4 heterocycles. The Balaban J connectivity index is 1.76. The highest BCUT2D eigenvalue weighted by Gasteiger charge is 2.40. The van der Waals surface area contributed by atoms with Gasteiger partial charge in [-0.1, -0.05) is 0 Å². The number of pyridine rings is 1. The lowest BCUT2D eigenvalue weighted by Gasteiger charge is -2.17. The van der Waals surface area contributed by atoms with E-state index in [2.05, 4.69) is 15.1 Å². The van der Waals surface area contributed by atoms with E-state index >= 15 is 0 Å². The van der Waals surface area contributed by atoms with Crippen molar-refractivity contribution in [2.24, 2.45) is 5.92 Å². The molecular weight excluding hydrogens is 409 g/mol. The summed E-state index contributed by atoms with van der Waals surface area (Å²) in [5.41, 5.74) is -0.573. The van der Waals surface area contributed by atoms with Gasteiger partial charge in [-0.05, 0) is 30.3 Å². The van der Waals surface area contributed by atoms with Gasteiger partial charge in [0.25, 0.3) is 6.08 Å². The van der Waals surface area contributed by atoms with E-state index in [9.17, 15) is 26.7 Å². The SMILES string of the molecule is O=C1CC(C=C(F)F)CN1Cc1c(C(F)(F)F)nc2ccc(-c3cccnc3)nn12. The van der Waals surface area contributed by atoms with Gasteiger partial charge in [-0.3, -0.25) is 9.78 Å². The minimum Gasteiger partial charge on any atom is -0.336 e. The quantitative estimate of drug-likeness (QED) is 0.597. The van der Waals surface area contributed by atoms with E-state index in [1.165, 1.54) is 18.3 Å². The Kier molecular flexibility index (Phi) is 4.96. The van der Waals surface area contributed by atoms with Gasteiger partial charge in [-0.25, -0.2) is 9.50 Å². The molecule has 0 aliphatic carbocycles. The molecule has 6 nitrogen and oxygen atoms in total. The van der Waals surface area contributed by atoms with Crippen LogP contribution in [-0.2, 0) is 17.5 Å². The van der Waals surface area contributed by atoms with Crippen LogP contribution in [0.25, 0.3) is 16.9 Å². The highest BCUT2D eigenvalue weighted by molar-refractivity contribution is 5.79. The minimum absolute atomic E-state index is 0.0390. The lowest BCUT2D eigenvalue weighted by Crippen LogP contribution is -2.27. The number of carbonyl (C=O) groups excluding carboxylic acids is 1. The number of aromatic nitrogens is 4. The number of likely N-dealkylation sites (tertiary alicyclic amines) is 1. The van der Waals surface area contributed by atoms with Gasteiger partial charge in [0, 0.05) is 36.8 Å².